The number of rotatable bonds is 8. The summed E-state index contributed by atoms with van der Waals surface area (Å²) in [6.45, 7) is 3.51. The average Bonchev–Trinajstić information content (AvgIpc) is 2.81. The number of fused-ring (bicyclic) bond motifs is 1. The van der Waals surface area contributed by atoms with Crippen molar-refractivity contribution < 1.29 is 13.9 Å². The van der Waals surface area contributed by atoms with Crippen molar-refractivity contribution in [3.8, 4) is 5.75 Å². The highest BCUT2D eigenvalue weighted by Gasteiger charge is 2.09. The predicted octanol–water partition coefficient (Wildman–Crippen LogP) is 4.67. The van der Waals surface area contributed by atoms with Gasteiger partial charge in [0.15, 0.2) is 0 Å². The van der Waals surface area contributed by atoms with Crippen molar-refractivity contribution in [3.63, 3.8) is 0 Å². The lowest BCUT2D eigenvalue weighted by atomic mass is 10.1. The van der Waals surface area contributed by atoms with Crippen LogP contribution in [-0.4, -0.2) is 24.9 Å². The van der Waals surface area contributed by atoms with E-state index in [2.05, 4.69) is 16.3 Å². The molecular weight excluding hydrogens is 428 g/mol. The zero-order valence-corrected chi connectivity index (χ0v) is 19.6. The summed E-state index contributed by atoms with van der Waals surface area (Å²) < 4.78 is 11.1. The lowest BCUT2D eigenvalue weighted by Crippen LogP contribution is -2.24. The minimum absolute atomic E-state index is 0.118. The third-order valence-corrected chi connectivity index (χ3v) is 5.59. The Kier molecular flexibility index (Phi) is 7.09. The highest BCUT2D eigenvalue weighted by Crippen LogP contribution is 2.23. The van der Waals surface area contributed by atoms with Gasteiger partial charge in [0.25, 0.3) is 5.91 Å². The van der Waals surface area contributed by atoms with E-state index < -0.39 is 0 Å². The van der Waals surface area contributed by atoms with Gasteiger partial charge in [-0.05, 0) is 67.5 Å². The number of ether oxygens (including phenoxy) is 1. The lowest BCUT2D eigenvalue weighted by Gasteiger charge is -2.14. The van der Waals surface area contributed by atoms with Crippen LogP contribution < -0.4 is 15.7 Å². The highest BCUT2D eigenvalue weighted by atomic mass is 16.5. The highest BCUT2D eigenvalue weighted by molar-refractivity contribution is 5.94. The van der Waals surface area contributed by atoms with E-state index in [-0.39, 0.29) is 11.5 Å². The molecule has 1 amide bonds. The molecule has 174 valence electrons. The van der Waals surface area contributed by atoms with Gasteiger partial charge < -0.3 is 19.4 Å². The van der Waals surface area contributed by atoms with Gasteiger partial charge in [-0.25, -0.2) is 4.79 Å². The lowest BCUT2D eigenvalue weighted by molar-refractivity contribution is 0.0950. The van der Waals surface area contributed by atoms with Crippen LogP contribution in [0, 0.1) is 6.92 Å². The van der Waals surface area contributed by atoms with Crippen LogP contribution >= 0.6 is 0 Å². The van der Waals surface area contributed by atoms with E-state index >= 15 is 0 Å². The van der Waals surface area contributed by atoms with Crippen LogP contribution in [0.4, 0.5) is 0 Å². The third-order valence-electron chi connectivity index (χ3n) is 5.59. The van der Waals surface area contributed by atoms with Crippen molar-refractivity contribution in [3.05, 3.63) is 111 Å². The molecule has 1 N–H and O–H groups in total. The van der Waals surface area contributed by atoms with E-state index in [1.54, 1.807) is 18.2 Å². The van der Waals surface area contributed by atoms with E-state index in [1.807, 2.05) is 63.5 Å². The molecule has 0 atom stereocenters. The zero-order valence-electron chi connectivity index (χ0n) is 19.6. The number of hydrogen-bond donors (Lipinski definition) is 1. The minimum Gasteiger partial charge on any atom is -0.489 e. The maximum absolute atomic E-state index is 12.6. The predicted molar refractivity (Wildman–Crippen MR) is 133 cm³/mol. The number of hydrogen-bond acceptors (Lipinski definition) is 5. The Balaban J connectivity index is 1.36. The van der Waals surface area contributed by atoms with Gasteiger partial charge in [0, 0.05) is 36.2 Å². The maximum Gasteiger partial charge on any atom is 0.336 e. The van der Waals surface area contributed by atoms with Gasteiger partial charge in [-0.15, -0.1) is 0 Å². The van der Waals surface area contributed by atoms with Crippen molar-refractivity contribution in [2.75, 3.05) is 14.1 Å². The Morgan fingerprint density at radius 1 is 0.971 bits per heavy atom. The number of aryl methyl sites for hydroxylation is 1. The fourth-order valence-electron chi connectivity index (χ4n) is 3.82. The van der Waals surface area contributed by atoms with Crippen molar-refractivity contribution in [2.24, 2.45) is 0 Å². The largest absolute Gasteiger partial charge is 0.489 e. The molecule has 0 radical (unpaired) electrons. The summed E-state index contributed by atoms with van der Waals surface area (Å²) in [5, 5.41) is 3.89. The summed E-state index contributed by atoms with van der Waals surface area (Å²) in [7, 11) is 4.05. The summed E-state index contributed by atoms with van der Waals surface area (Å²) in [5.41, 5.74) is 4.82. The second kappa shape index (κ2) is 10.4. The third kappa shape index (κ3) is 5.71. The Morgan fingerprint density at radius 2 is 1.71 bits per heavy atom. The molecule has 3 aromatic carbocycles. The molecule has 0 saturated heterocycles. The smallest absolute Gasteiger partial charge is 0.336 e. The van der Waals surface area contributed by atoms with Crippen molar-refractivity contribution in [1.82, 2.24) is 10.2 Å². The van der Waals surface area contributed by atoms with Crippen molar-refractivity contribution >= 4 is 16.9 Å². The quantitative estimate of drug-likeness (QED) is 0.390. The maximum atomic E-state index is 12.6. The Bertz CT molecular complexity index is 1360. The normalized spacial score (nSPS) is 11.1. The molecule has 0 bridgehead atoms. The van der Waals surface area contributed by atoms with Crippen LogP contribution in [0.5, 0.6) is 5.75 Å². The summed E-state index contributed by atoms with van der Waals surface area (Å²) in [5.74, 6) is 0.492. The number of benzene rings is 3. The number of nitrogens with zero attached hydrogens (tertiary/aromatic N) is 1. The molecule has 0 aliphatic heterocycles. The first-order valence-electron chi connectivity index (χ1n) is 11.1. The van der Waals surface area contributed by atoms with Gasteiger partial charge in [-0.1, -0.05) is 36.4 Å². The first-order chi connectivity index (χ1) is 16.4. The number of carbonyl (C=O) groups excluding carboxylic acids is 1. The fourth-order valence-corrected chi connectivity index (χ4v) is 3.82. The van der Waals surface area contributed by atoms with Gasteiger partial charge in [-0.2, -0.15) is 0 Å². The fraction of sp³-hybridized carbons (Fsp3) is 0.214. The molecule has 6 heteroatoms. The molecule has 34 heavy (non-hydrogen) atoms. The number of carbonyl (C=O) groups is 1. The molecule has 0 aliphatic rings. The van der Waals surface area contributed by atoms with Gasteiger partial charge in [-0.3, -0.25) is 4.79 Å². The van der Waals surface area contributed by atoms with Crippen LogP contribution in [0.1, 0.15) is 32.6 Å². The SMILES string of the molecule is Cc1cc(=O)oc2cc(OCc3ccc(C(=O)NCc4ccccc4CN(C)C)cc3)ccc12. The molecule has 4 rings (SSSR count). The average molecular weight is 457 g/mol. The van der Waals surface area contributed by atoms with E-state index in [1.165, 1.54) is 11.6 Å². The van der Waals surface area contributed by atoms with Gasteiger partial charge >= 0.3 is 5.63 Å². The molecule has 4 aromatic rings. The van der Waals surface area contributed by atoms with Gasteiger partial charge in [0.2, 0.25) is 0 Å². The molecule has 0 saturated carbocycles. The minimum atomic E-state index is -0.378. The molecule has 6 nitrogen and oxygen atoms in total. The summed E-state index contributed by atoms with van der Waals surface area (Å²) in [4.78, 5) is 26.4. The van der Waals surface area contributed by atoms with E-state index in [9.17, 15) is 9.59 Å². The monoisotopic (exact) mass is 456 g/mol. The van der Waals surface area contributed by atoms with Crippen molar-refractivity contribution in [1.29, 1.82) is 0 Å². The van der Waals surface area contributed by atoms with Crippen LogP contribution in [0.25, 0.3) is 11.0 Å². The van der Waals surface area contributed by atoms with Gasteiger partial charge in [0.1, 0.15) is 17.9 Å². The topological polar surface area (TPSA) is 71.8 Å². The molecule has 1 heterocycles. The number of amides is 1. The summed E-state index contributed by atoms with van der Waals surface area (Å²) >= 11 is 0. The van der Waals surface area contributed by atoms with Crippen LogP contribution in [0.15, 0.2) is 82.0 Å². The standard InChI is InChI=1S/C28H28N2O4/c1-19-14-27(31)34-26-15-24(12-13-25(19)26)33-18-20-8-10-21(11-9-20)28(32)29-16-22-6-4-5-7-23(22)17-30(2)3/h4-15H,16-18H2,1-3H3,(H,29,32). The molecule has 0 spiro atoms. The Morgan fingerprint density at radius 3 is 2.44 bits per heavy atom. The van der Waals surface area contributed by atoms with Crippen LogP contribution in [0.2, 0.25) is 0 Å². The molecule has 0 aliphatic carbocycles. The first-order valence-corrected chi connectivity index (χ1v) is 11.1. The molecular formula is C28H28N2O4. The van der Waals surface area contributed by atoms with Crippen LogP contribution in [0.3, 0.4) is 0 Å². The second-order valence-corrected chi connectivity index (χ2v) is 8.58. The summed E-state index contributed by atoms with van der Waals surface area (Å²) in [6, 6.07) is 22.4. The van der Waals surface area contributed by atoms with E-state index in [4.69, 9.17) is 9.15 Å². The van der Waals surface area contributed by atoms with Crippen molar-refractivity contribution in [2.45, 2.75) is 26.6 Å². The van der Waals surface area contributed by atoms with E-state index in [0.29, 0.717) is 30.0 Å². The Hall–Kier alpha value is -3.90. The molecule has 0 unspecified atom stereocenters. The molecule has 1 aromatic heterocycles. The second-order valence-electron chi connectivity index (χ2n) is 8.58. The number of nitrogens with one attached hydrogen (secondary N) is 1. The zero-order chi connectivity index (χ0) is 24.1. The summed E-state index contributed by atoms with van der Waals surface area (Å²) in [6.07, 6.45) is 0. The molecule has 0 fully saturated rings. The first kappa shape index (κ1) is 23.3. The van der Waals surface area contributed by atoms with E-state index in [0.717, 1.165) is 28.6 Å². The Labute approximate surface area is 198 Å². The van der Waals surface area contributed by atoms with Gasteiger partial charge in [0.05, 0.1) is 0 Å². The van der Waals surface area contributed by atoms with Crippen LogP contribution in [-0.2, 0) is 19.7 Å².